The van der Waals surface area contributed by atoms with Crippen molar-refractivity contribution in [3.8, 4) is 0 Å². The Labute approximate surface area is 193 Å². The van der Waals surface area contributed by atoms with Crippen LogP contribution in [-0.2, 0) is 28.7 Å². The molecule has 0 saturated carbocycles. The number of carbonyl (C=O) groups excluding carboxylic acids is 1. The highest BCUT2D eigenvalue weighted by Gasteiger charge is 2.19. The molecule has 0 bridgehead atoms. The van der Waals surface area contributed by atoms with Gasteiger partial charge >= 0.3 is 6.03 Å². The van der Waals surface area contributed by atoms with Gasteiger partial charge in [0.05, 0.1) is 16.7 Å². The largest absolute Gasteiger partial charge is 0.331 e. The fraction of sp³-hybridized carbons (Fsp3) is 0.240. The molecule has 0 aliphatic carbocycles. The normalized spacial score (nSPS) is 14.5. The molecular weight excluding hydrogens is 441 g/mol. The SMILES string of the molecule is CC(NC(=O)Nc1ccc(S(=O)(=O)Cc2ccc3c(c2)CN(C)C3)cc1)c1ccc(F)cc1. The second-order valence-corrected chi connectivity index (χ2v) is 10.4. The van der Waals surface area contributed by atoms with Crippen LogP contribution in [0.2, 0.25) is 0 Å². The lowest BCUT2D eigenvalue weighted by molar-refractivity contribution is 0.249. The van der Waals surface area contributed by atoms with Crippen molar-refractivity contribution in [1.82, 2.24) is 10.2 Å². The Balaban J connectivity index is 1.37. The lowest BCUT2D eigenvalue weighted by Gasteiger charge is -2.15. The van der Waals surface area contributed by atoms with E-state index in [-0.39, 0.29) is 22.5 Å². The molecule has 1 aliphatic rings. The van der Waals surface area contributed by atoms with E-state index < -0.39 is 15.9 Å². The van der Waals surface area contributed by atoms with Crippen LogP contribution in [0, 0.1) is 5.82 Å². The number of hydrogen-bond donors (Lipinski definition) is 2. The van der Waals surface area contributed by atoms with Gasteiger partial charge < -0.3 is 10.6 Å². The Kier molecular flexibility index (Phi) is 6.49. The fourth-order valence-electron chi connectivity index (χ4n) is 3.95. The number of benzene rings is 3. The molecule has 1 atom stereocenters. The predicted molar refractivity (Wildman–Crippen MR) is 126 cm³/mol. The van der Waals surface area contributed by atoms with E-state index in [1.165, 1.54) is 35.4 Å². The first-order valence-electron chi connectivity index (χ1n) is 10.6. The van der Waals surface area contributed by atoms with Gasteiger partial charge in [-0.3, -0.25) is 4.90 Å². The van der Waals surface area contributed by atoms with Crippen LogP contribution >= 0.6 is 0 Å². The molecule has 3 aromatic carbocycles. The summed E-state index contributed by atoms with van der Waals surface area (Å²) in [5, 5.41) is 5.46. The average Bonchev–Trinajstić information content (AvgIpc) is 3.13. The molecule has 33 heavy (non-hydrogen) atoms. The van der Waals surface area contributed by atoms with E-state index in [0.717, 1.165) is 24.2 Å². The van der Waals surface area contributed by atoms with Gasteiger partial charge in [-0.05, 0) is 72.6 Å². The van der Waals surface area contributed by atoms with E-state index in [0.29, 0.717) is 5.69 Å². The van der Waals surface area contributed by atoms with E-state index in [2.05, 4.69) is 15.5 Å². The van der Waals surface area contributed by atoms with E-state index in [1.807, 2.05) is 25.2 Å². The van der Waals surface area contributed by atoms with Crippen molar-refractivity contribution in [3.05, 3.63) is 94.8 Å². The predicted octanol–water partition coefficient (Wildman–Crippen LogP) is 4.63. The molecule has 4 rings (SSSR count). The molecule has 1 unspecified atom stereocenters. The number of fused-ring (bicyclic) bond motifs is 1. The van der Waals surface area contributed by atoms with Gasteiger partial charge in [0.15, 0.2) is 9.84 Å². The Bertz CT molecular complexity index is 1260. The number of halogens is 1. The minimum atomic E-state index is -3.52. The topological polar surface area (TPSA) is 78.5 Å². The van der Waals surface area contributed by atoms with Gasteiger partial charge in [0.1, 0.15) is 5.82 Å². The summed E-state index contributed by atoms with van der Waals surface area (Å²) in [6, 6.07) is 17.1. The summed E-state index contributed by atoms with van der Waals surface area (Å²) >= 11 is 0. The van der Waals surface area contributed by atoms with Gasteiger partial charge in [-0.2, -0.15) is 0 Å². The Morgan fingerprint density at radius 3 is 2.36 bits per heavy atom. The zero-order valence-electron chi connectivity index (χ0n) is 18.5. The molecule has 172 valence electrons. The van der Waals surface area contributed by atoms with Crippen molar-refractivity contribution in [2.45, 2.75) is 36.7 Å². The van der Waals surface area contributed by atoms with Crippen molar-refractivity contribution in [2.75, 3.05) is 12.4 Å². The van der Waals surface area contributed by atoms with Crippen LogP contribution in [0.15, 0.2) is 71.6 Å². The van der Waals surface area contributed by atoms with Gasteiger partial charge in [-0.1, -0.05) is 30.3 Å². The van der Waals surface area contributed by atoms with Crippen LogP contribution in [0.25, 0.3) is 0 Å². The molecule has 1 heterocycles. The van der Waals surface area contributed by atoms with Crippen molar-refractivity contribution < 1.29 is 17.6 Å². The van der Waals surface area contributed by atoms with Crippen LogP contribution in [0.3, 0.4) is 0 Å². The van der Waals surface area contributed by atoms with E-state index in [1.54, 1.807) is 31.2 Å². The molecule has 6 nitrogen and oxygen atoms in total. The molecule has 0 fully saturated rings. The van der Waals surface area contributed by atoms with Gasteiger partial charge in [0, 0.05) is 18.8 Å². The van der Waals surface area contributed by atoms with Crippen molar-refractivity contribution in [2.24, 2.45) is 0 Å². The molecule has 0 aromatic heterocycles. The minimum absolute atomic E-state index is 0.0769. The molecule has 2 N–H and O–H groups in total. The highest BCUT2D eigenvalue weighted by molar-refractivity contribution is 7.90. The number of nitrogens with one attached hydrogen (secondary N) is 2. The maximum Gasteiger partial charge on any atom is 0.319 e. The Morgan fingerprint density at radius 2 is 1.67 bits per heavy atom. The number of carbonyl (C=O) groups is 1. The van der Waals surface area contributed by atoms with Crippen molar-refractivity contribution >= 4 is 21.6 Å². The number of sulfone groups is 1. The van der Waals surface area contributed by atoms with E-state index in [4.69, 9.17) is 0 Å². The molecule has 3 aromatic rings. The maximum atomic E-state index is 13.1. The second kappa shape index (κ2) is 9.33. The van der Waals surface area contributed by atoms with Gasteiger partial charge in [0.2, 0.25) is 0 Å². The first kappa shape index (κ1) is 22.9. The number of anilines is 1. The summed E-state index contributed by atoms with van der Waals surface area (Å²) in [5.74, 6) is -0.416. The second-order valence-electron chi connectivity index (χ2n) is 8.43. The Morgan fingerprint density at radius 1 is 1.00 bits per heavy atom. The summed E-state index contributed by atoms with van der Waals surface area (Å²) in [4.78, 5) is 14.7. The van der Waals surface area contributed by atoms with Crippen LogP contribution in [0.1, 0.15) is 35.2 Å². The summed E-state index contributed by atoms with van der Waals surface area (Å²) in [6.07, 6.45) is 0. The molecule has 0 radical (unpaired) electrons. The summed E-state index contributed by atoms with van der Waals surface area (Å²) in [7, 11) is -1.48. The van der Waals surface area contributed by atoms with Gasteiger partial charge in [-0.25, -0.2) is 17.6 Å². The molecule has 2 amide bonds. The summed E-state index contributed by atoms with van der Waals surface area (Å²) in [5.41, 5.74) is 4.41. The number of hydrogen-bond acceptors (Lipinski definition) is 4. The highest BCUT2D eigenvalue weighted by Crippen LogP contribution is 2.25. The highest BCUT2D eigenvalue weighted by atomic mass is 32.2. The number of amides is 2. The van der Waals surface area contributed by atoms with Crippen molar-refractivity contribution in [1.29, 1.82) is 0 Å². The van der Waals surface area contributed by atoms with E-state index >= 15 is 0 Å². The van der Waals surface area contributed by atoms with E-state index in [9.17, 15) is 17.6 Å². The number of nitrogens with zero attached hydrogens (tertiary/aromatic N) is 1. The average molecular weight is 468 g/mol. The third-order valence-corrected chi connectivity index (χ3v) is 7.40. The fourth-order valence-corrected chi connectivity index (χ4v) is 5.29. The lowest BCUT2D eigenvalue weighted by Crippen LogP contribution is -2.31. The van der Waals surface area contributed by atoms with Crippen molar-refractivity contribution in [3.63, 3.8) is 0 Å². The number of urea groups is 1. The van der Waals surface area contributed by atoms with Crippen LogP contribution < -0.4 is 10.6 Å². The smallest absolute Gasteiger partial charge is 0.319 e. The third-order valence-electron chi connectivity index (χ3n) is 5.70. The van der Waals surface area contributed by atoms with Gasteiger partial charge in [-0.15, -0.1) is 0 Å². The standard InChI is InChI=1S/C25H26FN3O3S/c1-17(19-5-7-22(26)8-6-19)27-25(30)28-23-9-11-24(12-10-23)33(31,32)16-18-3-4-20-14-29(2)15-21(20)13-18/h3-13,17H,14-16H2,1-2H3,(H2,27,28,30). The van der Waals surface area contributed by atoms with Crippen LogP contribution in [-0.4, -0.2) is 26.4 Å². The molecular formula is C25H26FN3O3S. The third kappa shape index (κ3) is 5.58. The molecule has 8 heteroatoms. The zero-order valence-corrected chi connectivity index (χ0v) is 19.3. The first-order valence-corrected chi connectivity index (χ1v) is 12.3. The van der Waals surface area contributed by atoms with Gasteiger partial charge in [0.25, 0.3) is 0 Å². The lowest BCUT2D eigenvalue weighted by atomic mass is 10.1. The minimum Gasteiger partial charge on any atom is -0.331 e. The molecule has 0 saturated heterocycles. The monoisotopic (exact) mass is 467 g/mol. The van der Waals surface area contributed by atoms with Crippen LogP contribution in [0.4, 0.5) is 14.9 Å². The quantitative estimate of drug-likeness (QED) is 0.554. The zero-order chi connectivity index (χ0) is 23.6. The summed E-state index contributed by atoms with van der Waals surface area (Å²) in [6.45, 7) is 3.50. The summed E-state index contributed by atoms with van der Waals surface area (Å²) < 4.78 is 38.8. The number of rotatable bonds is 6. The molecule has 1 aliphatic heterocycles. The maximum absolute atomic E-state index is 13.1. The van der Waals surface area contributed by atoms with Crippen LogP contribution in [0.5, 0.6) is 0 Å². The Hall–Kier alpha value is -3.23. The molecule has 0 spiro atoms. The first-order chi connectivity index (χ1) is 15.7.